The fourth-order valence-corrected chi connectivity index (χ4v) is 3.35. The quantitative estimate of drug-likeness (QED) is 0.830. The third kappa shape index (κ3) is 4.73. The molecule has 2 fully saturated rings. The number of carbonyl (C=O) groups is 1. The predicted octanol–water partition coefficient (Wildman–Crippen LogP) is 2.43. The number of halogens is 3. The number of carbonyl (C=O) groups excluding carboxylic acids is 1. The average molecular weight is 338 g/mol. The minimum absolute atomic E-state index is 0.0101. The standard InChI is InChI=1S/C15H25F3N2O3/c1-14(2,3)23-13(22)20-10-4-5-11(20)7-9(6-10)19-8-12(21)15(16,17)18/h9-12,19,21H,4-8H2,1-3H3. The lowest BCUT2D eigenvalue weighted by Gasteiger charge is -2.40. The van der Waals surface area contributed by atoms with Gasteiger partial charge in [0.2, 0.25) is 0 Å². The third-order valence-corrected chi connectivity index (χ3v) is 4.32. The van der Waals surface area contributed by atoms with Crippen molar-refractivity contribution in [3.8, 4) is 0 Å². The summed E-state index contributed by atoms with van der Waals surface area (Å²) in [6, 6.07) is -0.142. The zero-order valence-corrected chi connectivity index (χ0v) is 13.7. The van der Waals surface area contributed by atoms with Crippen molar-refractivity contribution in [1.82, 2.24) is 10.2 Å². The van der Waals surface area contributed by atoms with Gasteiger partial charge in [-0.25, -0.2) is 4.79 Å². The number of piperidine rings is 1. The topological polar surface area (TPSA) is 61.8 Å². The molecular weight excluding hydrogens is 313 g/mol. The first-order valence-corrected chi connectivity index (χ1v) is 7.97. The van der Waals surface area contributed by atoms with Crippen LogP contribution >= 0.6 is 0 Å². The van der Waals surface area contributed by atoms with Crippen LogP contribution in [0.15, 0.2) is 0 Å². The maximum atomic E-state index is 12.3. The van der Waals surface area contributed by atoms with Gasteiger partial charge in [-0.15, -0.1) is 0 Å². The number of fused-ring (bicyclic) bond motifs is 2. The van der Waals surface area contributed by atoms with Gasteiger partial charge in [-0.3, -0.25) is 0 Å². The molecule has 8 heteroatoms. The summed E-state index contributed by atoms with van der Waals surface area (Å²) in [5.41, 5.74) is -0.567. The van der Waals surface area contributed by atoms with Crippen molar-refractivity contribution in [1.29, 1.82) is 0 Å². The highest BCUT2D eigenvalue weighted by atomic mass is 19.4. The van der Waals surface area contributed by atoms with Gasteiger partial charge in [0.05, 0.1) is 0 Å². The molecule has 2 saturated heterocycles. The van der Waals surface area contributed by atoms with E-state index in [1.807, 2.05) is 0 Å². The van der Waals surface area contributed by atoms with E-state index in [0.29, 0.717) is 12.8 Å². The van der Waals surface area contributed by atoms with E-state index in [9.17, 15) is 18.0 Å². The van der Waals surface area contributed by atoms with Gasteiger partial charge >= 0.3 is 12.3 Å². The molecule has 2 aliphatic rings. The molecule has 3 unspecified atom stereocenters. The summed E-state index contributed by atoms with van der Waals surface area (Å²) < 4.78 is 42.4. The maximum Gasteiger partial charge on any atom is 0.415 e. The van der Waals surface area contributed by atoms with Crippen LogP contribution in [0.4, 0.5) is 18.0 Å². The first-order valence-electron chi connectivity index (χ1n) is 7.97. The highest BCUT2D eigenvalue weighted by Gasteiger charge is 2.45. The molecule has 0 aromatic carbocycles. The summed E-state index contributed by atoms with van der Waals surface area (Å²) >= 11 is 0. The number of hydrogen-bond acceptors (Lipinski definition) is 4. The highest BCUT2D eigenvalue weighted by molar-refractivity contribution is 5.69. The molecule has 0 aromatic heterocycles. The minimum atomic E-state index is -4.61. The smallest absolute Gasteiger partial charge is 0.415 e. The average Bonchev–Trinajstić information content (AvgIpc) is 2.64. The van der Waals surface area contributed by atoms with Gasteiger partial charge in [-0.05, 0) is 46.5 Å². The molecular formula is C15H25F3N2O3. The Balaban J connectivity index is 1.88. The van der Waals surface area contributed by atoms with Crippen molar-refractivity contribution in [2.75, 3.05) is 6.54 Å². The SMILES string of the molecule is CC(C)(C)OC(=O)N1C2CCC1CC(NCC(O)C(F)(F)F)C2. The van der Waals surface area contributed by atoms with Crippen LogP contribution in [0.2, 0.25) is 0 Å². The molecule has 3 atom stereocenters. The predicted molar refractivity (Wildman–Crippen MR) is 78.0 cm³/mol. The fraction of sp³-hybridized carbons (Fsp3) is 0.933. The van der Waals surface area contributed by atoms with Crippen molar-refractivity contribution < 1.29 is 27.8 Å². The van der Waals surface area contributed by atoms with Gasteiger partial charge in [0, 0.05) is 24.7 Å². The van der Waals surface area contributed by atoms with Crippen molar-refractivity contribution in [3.63, 3.8) is 0 Å². The number of amides is 1. The number of aliphatic hydroxyl groups excluding tert-OH is 1. The molecule has 0 saturated carbocycles. The minimum Gasteiger partial charge on any atom is -0.444 e. The summed E-state index contributed by atoms with van der Waals surface area (Å²) in [5, 5.41) is 11.8. The molecule has 2 heterocycles. The Hall–Kier alpha value is -1.02. The Kier molecular flexibility index (Phi) is 5.15. The van der Waals surface area contributed by atoms with E-state index in [4.69, 9.17) is 9.84 Å². The molecule has 0 aliphatic carbocycles. The van der Waals surface area contributed by atoms with Crippen LogP contribution < -0.4 is 5.32 Å². The number of alkyl halides is 3. The lowest BCUT2D eigenvalue weighted by atomic mass is 9.97. The Bertz CT molecular complexity index is 423. The Morgan fingerprint density at radius 2 is 1.78 bits per heavy atom. The second kappa shape index (κ2) is 6.47. The van der Waals surface area contributed by atoms with Crippen LogP contribution in [-0.4, -0.2) is 58.7 Å². The van der Waals surface area contributed by atoms with Crippen LogP contribution in [0, 0.1) is 0 Å². The summed E-state index contributed by atoms with van der Waals surface area (Å²) in [6.45, 7) is 4.90. The van der Waals surface area contributed by atoms with Gasteiger partial charge in [0.25, 0.3) is 0 Å². The van der Waals surface area contributed by atoms with Gasteiger partial charge in [-0.2, -0.15) is 13.2 Å². The van der Waals surface area contributed by atoms with Gasteiger partial charge in [0.15, 0.2) is 6.10 Å². The molecule has 2 bridgehead atoms. The van der Waals surface area contributed by atoms with Gasteiger partial charge < -0.3 is 20.1 Å². The fourth-order valence-electron chi connectivity index (χ4n) is 3.35. The molecule has 2 N–H and O–H groups in total. The van der Waals surface area contributed by atoms with Crippen molar-refractivity contribution in [2.45, 2.75) is 82.5 Å². The van der Waals surface area contributed by atoms with Crippen LogP contribution in [0.1, 0.15) is 46.5 Å². The third-order valence-electron chi connectivity index (χ3n) is 4.32. The van der Waals surface area contributed by atoms with E-state index < -0.39 is 24.4 Å². The zero-order chi connectivity index (χ0) is 17.4. The van der Waals surface area contributed by atoms with E-state index in [-0.39, 0.29) is 24.2 Å². The Morgan fingerprint density at radius 1 is 1.26 bits per heavy atom. The first-order chi connectivity index (χ1) is 10.5. The lowest BCUT2D eigenvalue weighted by Crippen LogP contribution is -2.54. The number of nitrogens with one attached hydrogen (secondary N) is 1. The van der Waals surface area contributed by atoms with Crippen LogP contribution in [0.25, 0.3) is 0 Å². The van der Waals surface area contributed by atoms with Gasteiger partial charge in [-0.1, -0.05) is 0 Å². The van der Waals surface area contributed by atoms with Crippen LogP contribution in [0.3, 0.4) is 0 Å². The molecule has 0 radical (unpaired) electrons. The van der Waals surface area contributed by atoms with E-state index in [2.05, 4.69) is 5.32 Å². The monoisotopic (exact) mass is 338 g/mol. The van der Waals surface area contributed by atoms with Crippen molar-refractivity contribution in [2.24, 2.45) is 0 Å². The second-order valence-corrected chi connectivity index (χ2v) is 7.41. The molecule has 5 nitrogen and oxygen atoms in total. The number of rotatable bonds is 3. The Morgan fingerprint density at radius 3 is 2.22 bits per heavy atom. The van der Waals surface area contributed by atoms with Gasteiger partial charge in [0.1, 0.15) is 5.60 Å². The first kappa shape index (κ1) is 18.3. The Labute approximate surface area is 134 Å². The van der Waals surface area contributed by atoms with E-state index >= 15 is 0 Å². The molecule has 23 heavy (non-hydrogen) atoms. The molecule has 1 amide bonds. The molecule has 0 aromatic rings. The van der Waals surface area contributed by atoms with E-state index in [1.54, 1.807) is 25.7 Å². The summed E-state index contributed by atoms with van der Waals surface area (Å²) in [6.07, 6.45) is -4.47. The van der Waals surface area contributed by atoms with Crippen LogP contribution in [0.5, 0.6) is 0 Å². The van der Waals surface area contributed by atoms with Crippen molar-refractivity contribution >= 4 is 6.09 Å². The summed E-state index contributed by atoms with van der Waals surface area (Å²) in [5.74, 6) is 0. The van der Waals surface area contributed by atoms with Crippen LogP contribution in [-0.2, 0) is 4.74 Å². The normalized spacial score (nSPS) is 29.5. The largest absolute Gasteiger partial charge is 0.444 e. The number of nitrogens with zero attached hydrogens (tertiary/aromatic N) is 1. The van der Waals surface area contributed by atoms with E-state index in [0.717, 1.165) is 12.8 Å². The van der Waals surface area contributed by atoms with Crippen molar-refractivity contribution in [3.05, 3.63) is 0 Å². The number of ether oxygens (including phenoxy) is 1. The summed E-state index contributed by atoms with van der Waals surface area (Å²) in [7, 11) is 0. The number of hydrogen-bond donors (Lipinski definition) is 2. The zero-order valence-electron chi connectivity index (χ0n) is 13.7. The molecule has 2 aliphatic heterocycles. The maximum absolute atomic E-state index is 12.3. The van der Waals surface area contributed by atoms with E-state index in [1.165, 1.54) is 0 Å². The molecule has 2 rings (SSSR count). The molecule has 134 valence electrons. The lowest BCUT2D eigenvalue weighted by molar-refractivity contribution is -0.202. The molecule has 0 spiro atoms. The summed E-state index contributed by atoms with van der Waals surface area (Å²) in [4.78, 5) is 14.0. The number of aliphatic hydroxyl groups is 1. The highest BCUT2D eigenvalue weighted by Crippen LogP contribution is 2.37. The second-order valence-electron chi connectivity index (χ2n) is 7.41.